The Kier molecular flexibility index (Phi) is 4.81. The van der Waals surface area contributed by atoms with Crippen LogP contribution in [0.4, 0.5) is 0 Å². The maximum atomic E-state index is 5.98. The van der Waals surface area contributed by atoms with Gasteiger partial charge in [-0.2, -0.15) is 0 Å². The molecular weight excluding hydrogens is 332 g/mol. The molecule has 0 bridgehead atoms. The lowest BCUT2D eigenvalue weighted by atomic mass is 9.99. The van der Waals surface area contributed by atoms with Crippen molar-refractivity contribution in [3.63, 3.8) is 0 Å². The third-order valence-corrected chi connectivity index (χ3v) is 5.07. The lowest BCUT2D eigenvalue weighted by Gasteiger charge is -2.18. The van der Waals surface area contributed by atoms with Gasteiger partial charge in [0.2, 0.25) is 0 Å². The lowest BCUT2D eigenvalue weighted by Crippen LogP contribution is -2.30. The van der Waals surface area contributed by atoms with Crippen molar-refractivity contribution in [3.8, 4) is 0 Å². The molecule has 18 heavy (non-hydrogen) atoms. The molecule has 1 aromatic carbocycles. The van der Waals surface area contributed by atoms with Crippen molar-refractivity contribution < 1.29 is 0 Å². The maximum absolute atomic E-state index is 5.98. The fourth-order valence-electron chi connectivity index (χ4n) is 1.94. The highest BCUT2D eigenvalue weighted by molar-refractivity contribution is 9.10. The van der Waals surface area contributed by atoms with Crippen LogP contribution < -0.4 is 11.3 Å². The zero-order chi connectivity index (χ0) is 13.1. The van der Waals surface area contributed by atoms with Gasteiger partial charge in [0.15, 0.2) is 0 Å². The monoisotopic (exact) mass is 344 g/mol. The Morgan fingerprint density at radius 1 is 1.44 bits per heavy atom. The first-order valence-corrected chi connectivity index (χ1v) is 7.61. The number of nitrogens with one attached hydrogen (secondary N) is 1. The summed E-state index contributed by atoms with van der Waals surface area (Å²) in [7, 11) is 0. The van der Waals surface area contributed by atoms with E-state index in [-0.39, 0.29) is 6.04 Å². The fraction of sp³-hybridized carbons (Fsp3) is 0.231. The fourth-order valence-corrected chi connectivity index (χ4v) is 3.73. The van der Waals surface area contributed by atoms with Gasteiger partial charge < -0.3 is 0 Å². The van der Waals surface area contributed by atoms with Crippen molar-refractivity contribution in [2.75, 3.05) is 0 Å². The van der Waals surface area contributed by atoms with Crippen LogP contribution >= 0.6 is 38.9 Å². The average Bonchev–Trinajstić information content (AvgIpc) is 2.73. The van der Waals surface area contributed by atoms with Crippen LogP contribution in [0.1, 0.15) is 22.0 Å². The number of halogens is 2. The summed E-state index contributed by atoms with van der Waals surface area (Å²) in [6.07, 6.45) is 0.858. The summed E-state index contributed by atoms with van der Waals surface area (Å²) in [6.45, 7) is 2.05. The normalized spacial score (nSPS) is 12.7. The molecule has 1 unspecified atom stereocenters. The van der Waals surface area contributed by atoms with E-state index in [1.165, 1.54) is 10.4 Å². The van der Waals surface area contributed by atoms with Crippen LogP contribution in [0, 0.1) is 6.92 Å². The summed E-state index contributed by atoms with van der Waals surface area (Å²) >= 11 is 11.3. The molecule has 3 N–H and O–H groups in total. The number of hydrogen-bond donors (Lipinski definition) is 2. The summed E-state index contributed by atoms with van der Waals surface area (Å²) in [6, 6.07) is 8.05. The minimum absolute atomic E-state index is 0.0946. The number of benzene rings is 1. The van der Waals surface area contributed by atoms with Gasteiger partial charge in [-0.15, -0.1) is 11.3 Å². The molecule has 1 heterocycles. The van der Waals surface area contributed by atoms with E-state index in [2.05, 4.69) is 39.7 Å². The van der Waals surface area contributed by atoms with Gasteiger partial charge in [0.05, 0.1) is 6.04 Å². The van der Waals surface area contributed by atoms with Crippen LogP contribution in [-0.4, -0.2) is 0 Å². The summed E-state index contributed by atoms with van der Waals surface area (Å²) in [4.78, 5) is 1.28. The molecule has 0 amide bonds. The van der Waals surface area contributed by atoms with Crippen LogP contribution in [-0.2, 0) is 6.42 Å². The molecule has 96 valence electrons. The summed E-state index contributed by atoms with van der Waals surface area (Å²) < 4.78 is 1.14. The minimum atomic E-state index is 0.0946. The molecule has 5 heteroatoms. The van der Waals surface area contributed by atoms with Crippen molar-refractivity contribution in [3.05, 3.63) is 55.1 Å². The molecule has 0 aliphatic rings. The van der Waals surface area contributed by atoms with Gasteiger partial charge in [0.25, 0.3) is 0 Å². The van der Waals surface area contributed by atoms with E-state index in [0.717, 1.165) is 21.5 Å². The second-order valence-electron chi connectivity index (χ2n) is 4.12. The predicted octanol–water partition coefficient (Wildman–Crippen LogP) is 4.22. The third kappa shape index (κ3) is 3.13. The molecule has 0 saturated heterocycles. The van der Waals surface area contributed by atoms with Crippen molar-refractivity contribution in [2.24, 2.45) is 5.84 Å². The third-order valence-electron chi connectivity index (χ3n) is 2.89. The summed E-state index contributed by atoms with van der Waals surface area (Å²) in [5.41, 5.74) is 5.22. The molecule has 2 rings (SSSR count). The number of hydrazine groups is 1. The highest BCUT2D eigenvalue weighted by atomic mass is 79.9. The first-order valence-electron chi connectivity index (χ1n) is 5.56. The second-order valence-corrected chi connectivity index (χ2v) is 6.41. The van der Waals surface area contributed by atoms with E-state index in [4.69, 9.17) is 17.4 Å². The molecule has 0 spiro atoms. The van der Waals surface area contributed by atoms with Crippen LogP contribution in [0.15, 0.2) is 34.1 Å². The van der Waals surface area contributed by atoms with Crippen LogP contribution in [0.5, 0.6) is 0 Å². The highest BCUT2D eigenvalue weighted by Crippen LogP contribution is 2.29. The van der Waals surface area contributed by atoms with Crippen molar-refractivity contribution in [1.29, 1.82) is 0 Å². The SMILES string of the molecule is Cc1cc(Cl)ccc1C(Cc1sccc1Br)NN. The molecule has 0 saturated carbocycles. The Bertz CT molecular complexity index is 542. The molecule has 0 aliphatic carbocycles. The van der Waals surface area contributed by atoms with Crippen LogP contribution in [0.3, 0.4) is 0 Å². The lowest BCUT2D eigenvalue weighted by molar-refractivity contribution is 0.552. The van der Waals surface area contributed by atoms with Gasteiger partial charge in [0.1, 0.15) is 0 Å². The number of hydrogen-bond acceptors (Lipinski definition) is 3. The molecule has 2 aromatic rings. The van der Waals surface area contributed by atoms with Crippen molar-refractivity contribution >= 4 is 38.9 Å². The van der Waals surface area contributed by atoms with Gasteiger partial charge >= 0.3 is 0 Å². The van der Waals surface area contributed by atoms with E-state index in [1.54, 1.807) is 11.3 Å². The van der Waals surface area contributed by atoms with Gasteiger partial charge in [-0.3, -0.25) is 11.3 Å². The van der Waals surface area contributed by atoms with E-state index in [1.807, 2.05) is 18.2 Å². The van der Waals surface area contributed by atoms with Crippen molar-refractivity contribution in [1.82, 2.24) is 5.43 Å². The minimum Gasteiger partial charge on any atom is -0.271 e. The van der Waals surface area contributed by atoms with Crippen LogP contribution in [0.2, 0.25) is 5.02 Å². The molecule has 2 nitrogen and oxygen atoms in total. The Morgan fingerprint density at radius 2 is 2.22 bits per heavy atom. The smallest absolute Gasteiger partial charge is 0.0511 e. The van der Waals surface area contributed by atoms with Gasteiger partial charge in [-0.1, -0.05) is 17.7 Å². The zero-order valence-electron chi connectivity index (χ0n) is 9.91. The molecular formula is C13H14BrClN2S. The van der Waals surface area contributed by atoms with E-state index in [0.29, 0.717) is 0 Å². The first kappa shape index (κ1) is 14.0. The Labute approximate surface area is 124 Å². The Balaban J connectivity index is 2.26. The summed E-state index contributed by atoms with van der Waals surface area (Å²) in [5, 5.41) is 2.83. The first-order chi connectivity index (χ1) is 8.61. The predicted molar refractivity (Wildman–Crippen MR) is 82.0 cm³/mol. The maximum Gasteiger partial charge on any atom is 0.0511 e. The van der Waals surface area contributed by atoms with Crippen molar-refractivity contribution in [2.45, 2.75) is 19.4 Å². The number of rotatable bonds is 4. The molecule has 0 radical (unpaired) electrons. The van der Waals surface area contributed by atoms with Gasteiger partial charge in [0, 0.05) is 20.8 Å². The molecule has 0 fully saturated rings. The molecule has 1 aromatic heterocycles. The highest BCUT2D eigenvalue weighted by Gasteiger charge is 2.15. The number of thiophene rings is 1. The van der Waals surface area contributed by atoms with Gasteiger partial charge in [-0.05, 0) is 57.6 Å². The quantitative estimate of drug-likeness (QED) is 0.643. The van der Waals surface area contributed by atoms with E-state index >= 15 is 0 Å². The second kappa shape index (κ2) is 6.17. The van der Waals surface area contributed by atoms with E-state index < -0.39 is 0 Å². The Morgan fingerprint density at radius 3 is 2.78 bits per heavy atom. The number of nitrogens with two attached hydrogens (primary N) is 1. The molecule has 1 atom stereocenters. The standard InChI is InChI=1S/C13H14BrClN2S/c1-8-6-9(15)2-3-10(8)12(17-16)7-13-11(14)4-5-18-13/h2-6,12,17H,7,16H2,1H3. The topological polar surface area (TPSA) is 38.0 Å². The molecule has 0 aliphatic heterocycles. The Hall–Kier alpha value is -0.390. The number of aryl methyl sites for hydroxylation is 1. The van der Waals surface area contributed by atoms with Crippen LogP contribution in [0.25, 0.3) is 0 Å². The largest absolute Gasteiger partial charge is 0.271 e. The van der Waals surface area contributed by atoms with E-state index in [9.17, 15) is 0 Å². The zero-order valence-corrected chi connectivity index (χ0v) is 13.1. The van der Waals surface area contributed by atoms with Gasteiger partial charge in [-0.25, -0.2) is 0 Å². The average molecular weight is 346 g/mol. The summed E-state index contributed by atoms with van der Waals surface area (Å²) in [5.74, 6) is 5.68.